The van der Waals surface area contributed by atoms with Gasteiger partial charge in [0.15, 0.2) is 0 Å². The van der Waals surface area contributed by atoms with Gasteiger partial charge in [0.05, 0.1) is 17.8 Å². The lowest BCUT2D eigenvalue weighted by atomic mass is 10.0. The maximum atomic E-state index is 12.3. The van der Waals surface area contributed by atoms with Crippen LogP contribution in [0.15, 0.2) is 60.7 Å². The van der Waals surface area contributed by atoms with Crippen molar-refractivity contribution in [3.63, 3.8) is 0 Å². The first kappa shape index (κ1) is 18.3. The Morgan fingerprint density at radius 3 is 2.71 bits per heavy atom. The van der Waals surface area contributed by atoms with E-state index >= 15 is 0 Å². The number of aromatic nitrogens is 1. The number of carbonyl (C=O) groups excluding carboxylic acids is 1. The van der Waals surface area contributed by atoms with Crippen molar-refractivity contribution in [2.24, 2.45) is 0 Å². The van der Waals surface area contributed by atoms with Crippen molar-refractivity contribution in [1.82, 2.24) is 15.4 Å². The number of hydrogen-bond acceptors (Lipinski definition) is 4. The molecule has 0 spiro atoms. The highest BCUT2D eigenvalue weighted by molar-refractivity contribution is 6.30. The van der Waals surface area contributed by atoms with E-state index < -0.39 is 0 Å². The molecule has 6 heteroatoms. The molecule has 1 N–H and O–H groups in total. The Labute approximate surface area is 168 Å². The summed E-state index contributed by atoms with van der Waals surface area (Å²) in [5.74, 6) is 0.671. The van der Waals surface area contributed by atoms with E-state index in [4.69, 9.17) is 16.3 Å². The molecular weight excluding hydrogens is 374 g/mol. The maximum Gasteiger partial charge on any atom is 0.238 e. The monoisotopic (exact) mass is 393 g/mol. The summed E-state index contributed by atoms with van der Waals surface area (Å²) in [6.45, 7) is 4.06. The molecule has 0 saturated carbocycles. The van der Waals surface area contributed by atoms with E-state index in [1.54, 1.807) is 5.01 Å². The molecule has 2 aromatic carbocycles. The van der Waals surface area contributed by atoms with E-state index in [2.05, 4.69) is 10.4 Å². The van der Waals surface area contributed by atoms with Gasteiger partial charge in [-0.05, 0) is 42.8 Å². The average Bonchev–Trinajstić information content (AvgIpc) is 3.14. The molecule has 4 rings (SSSR count). The largest absolute Gasteiger partial charge is 0.494 e. The van der Waals surface area contributed by atoms with Crippen LogP contribution in [-0.2, 0) is 4.79 Å². The third-order valence-corrected chi connectivity index (χ3v) is 4.97. The molecule has 1 aliphatic rings. The Kier molecular flexibility index (Phi) is 4.92. The summed E-state index contributed by atoms with van der Waals surface area (Å²) < 4.78 is 5.59. The number of benzene rings is 2. The van der Waals surface area contributed by atoms with E-state index in [9.17, 15) is 4.79 Å². The van der Waals surface area contributed by atoms with E-state index in [1.807, 2.05) is 67.6 Å². The molecule has 1 amide bonds. The van der Waals surface area contributed by atoms with Crippen LogP contribution in [0.4, 0.5) is 0 Å². The summed E-state index contributed by atoms with van der Waals surface area (Å²) in [5.41, 5.74) is 6.60. The zero-order chi connectivity index (χ0) is 19.7. The van der Waals surface area contributed by atoms with Crippen molar-refractivity contribution in [1.29, 1.82) is 0 Å². The normalized spacial score (nSPS) is 16.0. The number of hydrazine groups is 1. The fourth-order valence-corrected chi connectivity index (χ4v) is 3.62. The van der Waals surface area contributed by atoms with Crippen LogP contribution in [0.1, 0.15) is 31.0 Å². The van der Waals surface area contributed by atoms with Crippen molar-refractivity contribution < 1.29 is 9.53 Å². The van der Waals surface area contributed by atoms with Gasteiger partial charge in [0.1, 0.15) is 16.9 Å². The summed E-state index contributed by atoms with van der Waals surface area (Å²) in [5, 5.41) is 2.86. The molecule has 0 fully saturated rings. The molecule has 1 aliphatic heterocycles. The molecule has 2 heterocycles. The van der Waals surface area contributed by atoms with Gasteiger partial charge < -0.3 is 4.74 Å². The number of hydrogen-bond donors (Lipinski definition) is 1. The summed E-state index contributed by atoms with van der Waals surface area (Å²) in [4.78, 5) is 16.8. The van der Waals surface area contributed by atoms with E-state index in [-0.39, 0.29) is 11.9 Å². The first-order chi connectivity index (χ1) is 13.6. The van der Waals surface area contributed by atoms with Crippen LogP contribution in [0.2, 0.25) is 5.15 Å². The highest BCUT2D eigenvalue weighted by Gasteiger charge is 2.30. The SMILES string of the molecule is CCOc1ccc2nc(Cl)c([C@H]3C=C(c4ccccc4)NN3C(C)=O)cc2c1. The Hall–Kier alpha value is -3.05. The van der Waals surface area contributed by atoms with Crippen LogP contribution in [0.5, 0.6) is 5.75 Å². The lowest BCUT2D eigenvalue weighted by molar-refractivity contribution is -0.132. The summed E-state index contributed by atoms with van der Waals surface area (Å²) in [6, 6.07) is 17.2. The number of nitrogens with zero attached hydrogens (tertiary/aromatic N) is 2. The number of pyridine rings is 1. The second kappa shape index (κ2) is 7.52. The third-order valence-electron chi connectivity index (χ3n) is 4.66. The number of fused-ring (bicyclic) bond motifs is 1. The molecule has 1 aromatic heterocycles. The van der Waals surface area contributed by atoms with Crippen molar-refractivity contribution in [2.45, 2.75) is 19.9 Å². The highest BCUT2D eigenvalue weighted by Crippen LogP contribution is 2.36. The van der Waals surface area contributed by atoms with E-state index in [0.717, 1.165) is 33.5 Å². The zero-order valence-corrected chi connectivity index (χ0v) is 16.4. The number of halogens is 1. The van der Waals surface area contributed by atoms with Crippen molar-refractivity contribution in [3.05, 3.63) is 77.0 Å². The van der Waals surface area contributed by atoms with Crippen LogP contribution in [-0.4, -0.2) is 22.5 Å². The lowest BCUT2D eigenvalue weighted by Gasteiger charge is -2.24. The smallest absolute Gasteiger partial charge is 0.238 e. The molecule has 0 radical (unpaired) electrons. The van der Waals surface area contributed by atoms with Gasteiger partial charge in [-0.3, -0.25) is 10.2 Å². The fourth-order valence-electron chi connectivity index (χ4n) is 3.36. The standard InChI is InChI=1S/C22H20ClN3O2/c1-3-28-17-9-10-19-16(11-17)12-18(22(23)24-19)21-13-20(25-26(21)14(2)27)15-7-5-4-6-8-15/h4-13,21,25H,3H2,1-2H3/t21-/m1/s1. The van der Waals surface area contributed by atoms with Crippen molar-refractivity contribution in [3.8, 4) is 5.75 Å². The van der Waals surface area contributed by atoms with Crippen LogP contribution in [0.3, 0.4) is 0 Å². The molecule has 1 atom stereocenters. The topological polar surface area (TPSA) is 54.5 Å². The van der Waals surface area contributed by atoms with Gasteiger partial charge in [-0.1, -0.05) is 41.9 Å². The molecule has 3 aromatic rings. The van der Waals surface area contributed by atoms with E-state index in [0.29, 0.717) is 11.8 Å². The number of rotatable bonds is 4. The Morgan fingerprint density at radius 2 is 2.00 bits per heavy atom. The van der Waals surface area contributed by atoms with Crippen LogP contribution < -0.4 is 10.2 Å². The molecule has 0 saturated heterocycles. The van der Waals surface area contributed by atoms with Crippen LogP contribution in [0, 0.1) is 0 Å². The van der Waals surface area contributed by atoms with Gasteiger partial charge in [-0.2, -0.15) is 0 Å². The minimum atomic E-state index is -0.354. The Balaban J connectivity index is 1.80. The lowest BCUT2D eigenvalue weighted by Crippen LogP contribution is -2.38. The zero-order valence-electron chi connectivity index (χ0n) is 15.6. The number of nitrogens with one attached hydrogen (secondary N) is 1. The van der Waals surface area contributed by atoms with Crippen molar-refractivity contribution in [2.75, 3.05) is 6.61 Å². The molecule has 5 nitrogen and oxygen atoms in total. The minimum absolute atomic E-state index is 0.105. The quantitative estimate of drug-likeness (QED) is 0.651. The van der Waals surface area contributed by atoms with Crippen molar-refractivity contribution >= 4 is 34.1 Å². The van der Waals surface area contributed by atoms with Crippen LogP contribution >= 0.6 is 11.6 Å². The highest BCUT2D eigenvalue weighted by atomic mass is 35.5. The maximum absolute atomic E-state index is 12.3. The van der Waals surface area contributed by atoms with Gasteiger partial charge in [-0.25, -0.2) is 9.99 Å². The number of ether oxygens (including phenoxy) is 1. The first-order valence-corrected chi connectivity index (χ1v) is 9.51. The molecule has 0 bridgehead atoms. The minimum Gasteiger partial charge on any atom is -0.494 e. The predicted molar refractivity (Wildman–Crippen MR) is 111 cm³/mol. The predicted octanol–water partition coefficient (Wildman–Crippen LogP) is 4.74. The molecule has 0 aliphatic carbocycles. The summed E-state index contributed by atoms with van der Waals surface area (Å²) in [6.07, 6.45) is 2.00. The van der Waals surface area contributed by atoms with Gasteiger partial charge in [0.25, 0.3) is 0 Å². The molecular formula is C22H20ClN3O2. The first-order valence-electron chi connectivity index (χ1n) is 9.13. The van der Waals surface area contributed by atoms with Gasteiger partial charge in [0, 0.05) is 17.9 Å². The van der Waals surface area contributed by atoms with Gasteiger partial charge in [-0.15, -0.1) is 0 Å². The summed E-state index contributed by atoms with van der Waals surface area (Å²) in [7, 11) is 0. The molecule has 28 heavy (non-hydrogen) atoms. The van der Waals surface area contributed by atoms with Gasteiger partial charge >= 0.3 is 0 Å². The second-order valence-corrected chi connectivity index (χ2v) is 6.91. The van der Waals surface area contributed by atoms with E-state index in [1.165, 1.54) is 6.92 Å². The Bertz CT molecular complexity index is 1070. The molecule has 142 valence electrons. The second-order valence-electron chi connectivity index (χ2n) is 6.55. The van der Waals surface area contributed by atoms with Crippen LogP contribution in [0.25, 0.3) is 16.6 Å². The number of amides is 1. The Morgan fingerprint density at radius 1 is 1.21 bits per heavy atom. The molecule has 0 unspecified atom stereocenters. The third kappa shape index (κ3) is 3.41. The number of carbonyl (C=O) groups is 1. The fraction of sp³-hybridized carbons (Fsp3) is 0.182. The summed E-state index contributed by atoms with van der Waals surface area (Å²) >= 11 is 6.51. The average molecular weight is 394 g/mol. The van der Waals surface area contributed by atoms with Gasteiger partial charge in [0.2, 0.25) is 5.91 Å².